The number of nitrogens with one attached hydrogen (secondary N) is 1. The van der Waals surface area contributed by atoms with Gasteiger partial charge in [-0.3, -0.25) is 0 Å². The summed E-state index contributed by atoms with van der Waals surface area (Å²) in [7, 11) is 0. The highest BCUT2D eigenvalue weighted by Gasteiger charge is 2.21. The Morgan fingerprint density at radius 3 is 3.05 bits per heavy atom. The molecule has 1 aromatic heterocycles. The van der Waals surface area contributed by atoms with Crippen molar-refractivity contribution in [2.75, 3.05) is 11.9 Å². The molecule has 1 aliphatic rings. The molecule has 0 saturated heterocycles. The van der Waals surface area contributed by atoms with E-state index < -0.39 is 0 Å². The van der Waals surface area contributed by atoms with Crippen LogP contribution in [0, 0.1) is 0 Å². The van der Waals surface area contributed by atoms with Gasteiger partial charge >= 0.3 is 0 Å². The summed E-state index contributed by atoms with van der Waals surface area (Å²) in [4.78, 5) is 4.31. The van der Waals surface area contributed by atoms with Gasteiger partial charge in [-0.05, 0) is 28.1 Å². The molecule has 1 aromatic carbocycles. The quantitative estimate of drug-likeness (QED) is 0.878. The number of pyridine rings is 1. The molecule has 2 heterocycles. The third-order valence-corrected chi connectivity index (χ3v) is 3.80. The van der Waals surface area contributed by atoms with Crippen LogP contribution in [0.2, 0.25) is 5.02 Å². The zero-order valence-corrected chi connectivity index (χ0v) is 12.4. The van der Waals surface area contributed by atoms with Gasteiger partial charge in [0.15, 0.2) is 0 Å². The highest BCUT2D eigenvalue weighted by molar-refractivity contribution is 9.10. The average Bonchev–Trinajstić information content (AvgIpc) is 2.42. The number of ether oxygens (including phenoxy) is 1. The van der Waals surface area contributed by atoms with Gasteiger partial charge in [-0.1, -0.05) is 29.8 Å². The van der Waals surface area contributed by atoms with E-state index in [9.17, 15) is 0 Å². The number of para-hydroxylation sites is 1. The number of benzene rings is 1. The van der Waals surface area contributed by atoms with Crippen molar-refractivity contribution in [1.29, 1.82) is 0 Å². The normalized spacial score (nSPS) is 17.5. The molecule has 2 aromatic rings. The zero-order valence-electron chi connectivity index (χ0n) is 10.1. The minimum absolute atomic E-state index is 0.177. The van der Waals surface area contributed by atoms with Crippen molar-refractivity contribution in [3.8, 4) is 5.75 Å². The molecule has 0 fully saturated rings. The van der Waals surface area contributed by atoms with E-state index in [0.29, 0.717) is 17.4 Å². The lowest BCUT2D eigenvalue weighted by molar-refractivity contribution is 0.274. The Balaban J connectivity index is 1.88. The Hall–Kier alpha value is -1.26. The summed E-state index contributed by atoms with van der Waals surface area (Å²) in [6.07, 6.45) is 2.63. The maximum absolute atomic E-state index is 6.19. The van der Waals surface area contributed by atoms with Crippen LogP contribution in [0.1, 0.15) is 18.0 Å². The first-order valence-electron chi connectivity index (χ1n) is 6.03. The first-order valence-corrected chi connectivity index (χ1v) is 7.20. The van der Waals surface area contributed by atoms with Crippen LogP contribution in [0.4, 0.5) is 5.82 Å². The van der Waals surface area contributed by atoms with E-state index in [2.05, 4.69) is 32.3 Å². The number of aromatic nitrogens is 1. The maximum Gasteiger partial charge on any atom is 0.145 e. The summed E-state index contributed by atoms with van der Waals surface area (Å²) >= 11 is 9.54. The van der Waals surface area contributed by atoms with Crippen LogP contribution in [0.15, 0.2) is 41.0 Å². The van der Waals surface area contributed by atoms with Crippen molar-refractivity contribution in [3.05, 3.63) is 51.6 Å². The summed E-state index contributed by atoms with van der Waals surface area (Å²) in [6, 6.07) is 10.1. The molecule has 1 aliphatic heterocycles. The van der Waals surface area contributed by atoms with E-state index in [4.69, 9.17) is 16.3 Å². The molecule has 0 saturated carbocycles. The molecule has 1 unspecified atom stereocenters. The number of halogens is 2. The third-order valence-electron chi connectivity index (χ3n) is 3.08. The van der Waals surface area contributed by atoms with E-state index in [0.717, 1.165) is 22.2 Å². The lowest BCUT2D eigenvalue weighted by atomic mass is 10.0. The second-order valence-electron chi connectivity index (χ2n) is 4.36. The van der Waals surface area contributed by atoms with Crippen LogP contribution in [-0.2, 0) is 0 Å². The van der Waals surface area contributed by atoms with E-state index in [1.807, 2.05) is 24.3 Å². The molecule has 0 bridgehead atoms. The Morgan fingerprint density at radius 2 is 2.21 bits per heavy atom. The van der Waals surface area contributed by atoms with Crippen LogP contribution >= 0.6 is 27.5 Å². The van der Waals surface area contributed by atoms with Crippen molar-refractivity contribution in [1.82, 2.24) is 4.98 Å². The van der Waals surface area contributed by atoms with Crippen LogP contribution in [0.3, 0.4) is 0 Å². The molecule has 1 N–H and O–H groups in total. The lowest BCUT2D eigenvalue weighted by Gasteiger charge is -2.27. The summed E-state index contributed by atoms with van der Waals surface area (Å²) in [5.74, 6) is 1.63. The van der Waals surface area contributed by atoms with E-state index in [1.165, 1.54) is 0 Å². The first-order chi connectivity index (χ1) is 9.24. The topological polar surface area (TPSA) is 34.2 Å². The predicted octanol–water partition coefficient (Wildman–Crippen LogP) is 4.43. The number of nitrogens with zero attached hydrogens (tertiary/aromatic N) is 1. The zero-order chi connectivity index (χ0) is 13.2. The minimum Gasteiger partial charge on any atom is -0.493 e. The van der Waals surface area contributed by atoms with E-state index >= 15 is 0 Å². The molecule has 0 radical (unpaired) electrons. The monoisotopic (exact) mass is 338 g/mol. The smallest absolute Gasteiger partial charge is 0.145 e. The first kappa shape index (κ1) is 12.8. The Labute approximate surface area is 125 Å². The highest BCUT2D eigenvalue weighted by Crippen LogP contribution is 2.35. The number of anilines is 1. The lowest BCUT2D eigenvalue weighted by Crippen LogP contribution is -2.20. The summed E-state index contributed by atoms with van der Waals surface area (Å²) < 4.78 is 6.51. The number of hydrogen-bond donors (Lipinski definition) is 1. The van der Waals surface area contributed by atoms with Gasteiger partial charge in [-0.2, -0.15) is 0 Å². The molecule has 0 aliphatic carbocycles. The Kier molecular flexibility index (Phi) is 3.62. The number of fused-ring (bicyclic) bond motifs is 1. The predicted molar refractivity (Wildman–Crippen MR) is 79.9 cm³/mol. The van der Waals surface area contributed by atoms with E-state index in [-0.39, 0.29) is 6.04 Å². The van der Waals surface area contributed by atoms with Crippen molar-refractivity contribution in [2.45, 2.75) is 12.5 Å². The molecular weight excluding hydrogens is 328 g/mol. The maximum atomic E-state index is 6.19. The molecule has 0 amide bonds. The fraction of sp³-hybridized carbons (Fsp3) is 0.214. The van der Waals surface area contributed by atoms with Gasteiger partial charge in [-0.25, -0.2) is 4.98 Å². The van der Waals surface area contributed by atoms with Crippen molar-refractivity contribution < 1.29 is 4.74 Å². The molecule has 0 spiro atoms. The van der Waals surface area contributed by atoms with Gasteiger partial charge in [0.2, 0.25) is 0 Å². The van der Waals surface area contributed by atoms with Gasteiger partial charge in [-0.15, -0.1) is 0 Å². The second-order valence-corrected chi connectivity index (χ2v) is 5.68. The van der Waals surface area contributed by atoms with Crippen LogP contribution in [-0.4, -0.2) is 11.6 Å². The van der Waals surface area contributed by atoms with Gasteiger partial charge in [0.05, 0.1) is 17.7 Å². The summed E-state index contributed by atoms with van der Waals surface area (Å²) in [5.41, 5.74) is 1.15. The second kappa shape index (κ2) is 5.39. The van der Waals surface area contributed by atoms with Crippen LogP contribution in [0.5, 0.6) is 5.75 Å². The summed E-state index contributed by atoms with van der Waals surface area (Å²) in [6.45, 7) is 0.697. The summed E-state index contributed by atoms with van der Waals surface area (Å²) in [5, 5.41) is 4.00. The molecule has 3 nitrogen and oxygen atoms in total. The van der Waals surface area contributed by atoms with E-state index in [1.54, 1.807) is 6.20 Å². The molecule has 3 rings (SSSR count). The average molecular weight is 340 g/mol. The van der Waals surface area contributed by atoms with Crippen LogP contribution in [0.25, 0.3) is 0 Å². The molecule has 1 atom stereocenters. The van der Waals surface area contributed by atoms with Gasteiger partial charge in [0.1, 0.15) is 11.6 Å². The highest BCUT2D eigenvalue weighted by atomic mass is 79.9. The molecule has 19 heavy (non-hydrogen) atoms. The number of hydrogen-bond acceptors (Lipinski definition) is 3. The van der Waals surface area contributed by atoms with Gasteiger partial charge in [0, 0.05) is 22.7 Å². The molecule has 5 heteroatoms. The van der Waals surface area contributed by atoms with Gasteiger partial charge in [0.25, 0.3) is 0 Å². The largest absolute Gasteiger partial charge is 0.493 e. The van der Waals surface area contributed by atoms with Crippen molar-refractivity contribution in [2.24, 2.45) is 0 Å². The van der Waals surface area contributed by atoms with Crippen molar-refractivity contribution in [3.63, 3.8) is 0 Å². The van der Waals surface area contributed by atoms with Crippen LogP contribution < -0.4 is 10.1 Å². The van der Waals surface area contributed by atoms with Crippen molar-refractivity contribution >= 4 is 33.3 Å². The third kappa shape index (κ3) is 2.69. The fourth-order valence-electron chi connectivity index (χ4n) is 2.18. The standard InChI is InChI=1S/C14H12BrClN2O/c15-9-7-11(16)14(17-8-9)18-12-5-6-19-13-4-2-1-3-10(12)13/h1-4,7-8,12H,5-6H2,(H,17,18). The Bertz CT molecular complexity index is 606. The molecular formula is C14H12BrClN2O. The van der Waals surface area contributed by atoms with Gasteiger partial charge < -0.3 is 10.1 Å². The Morgan fingerprint density at radius 1 is 1.37 bits per heavy atom. The SMILES string of the molecule is Clc1cc(Br)cnc1NC1CCOc2ccccc21. The fourth-order valence-corrected chi connectivity index (χ4v) is 2.86. The number of rotatable bonds is 2. The molecule has 98 valence electrons. The minimum atomic E-state index is 0.177.